The van der Waals surface area contributed by atoms with Gasteiger partial charge in [-0.1, -0.05) is 25.5 Å². The van der Waals surface area contributed by atoms with Crippen molar-refractivity contribution in [3.63, 3.8) is 0 Å². The van der Waals surface area contributed by atoms with Gasteiger partial charge >= 0.3 is 0 Å². The van der Waals surface area contributed by atoms with Gasteiger partial charge in [-0.15, -0.1) is 0 Å². The standard InChI is InChI=1S/C12H15NO/c1-2-3-7-12-10(8-13)5-4-6-11(12)9-14/h4-6,14H,2-3,7,9H2,1H3. The van der Waals surface area contributed by atoms with Crippen LogP contribution in [0.4, 0.5) is 0 Å². The molecule has 2 nitrogen and oxygen atoms in total. The van der Waals surface area contributed by atoms with Crippen LogP contribution in [-0.4, -0.2) is 5.11 Å². The van der Waals surface area contributed by atoms with E-state index in [2.05, 4.69) is 13.0 Å². The lowest BCUT2D eigenvalue weighted by atomic mass is 9.97. The molecule has 0 radical (unpaired) electrons. The number of aliphatic hydroxyl groups is 1. The summed E-state index contributed by atoms with van der Waals surface area (Å²) in [6.45, 7) is 2.14. The van der Waals surface area contributed by atoms with Gasteiger partial charge in [0.1, 0.15) is 0 Å². The number of aliphatic hydroxyl groups excluding tert-OH is 1. The van der Waals surface area contributed by atoms with E-state index >= 15 is 0 Å². The van der Waals surface area contributed by atoms with E-state index in [0.717, 1.165) is 30.4 Å². The van der Waals surface area contributed by atoms with Crippen molar-refractivity contribution in [2.45, 2.75) is 32.8 Å². The molecule has 0 spiro atoms. The third-order valence-corrected chi connectivity index (χ3v) is 2.34. The molecule has 0 heterocycles. The average Bonchev–Trinajstić information content (AvgIpc) is 2.25. The molecular formula is C12H15NO. The van der Waals surface area contributed by atoms with Crippen molar-refractivity contribution in [3.8, 4) is 6.07 Å². The highest BCUT2D eigenvalue weighted by Crippen LogP contribution is 2.17. The number of nitriles is 1. The molecule has 0 amide bonds. The van der Waals surface area contributed by atoms with E-state index in [0.29, 0.717) is 5.56 Å². The molecule has 1 aromatic carbocycles. The van der Waals surface area contributed by atoms with Crippen LogP contribution in [0.3, 0.4) is 0 Å². The second-order valence-corrected chi connectivity index (χ2v) is 3.32. The maximum absolute atomic E-state index is 9.13. The third-order valence-electron chi connectivity index (χ3n) is 2.34. The summed E-state index contributed by atoms with van der Waals surface area (Å²) in [7, 11) is 0. The van der Waals surface area contributed by atoms with Crippen molar-refractivity contribution in [1.29, 1.82) is 5.26 Å². The van der Waals surface area contributed by atoms with Gasteiger partial charge in [0.15, 0.2) is 0 Å². The normalized spacial score (nSPS) is 9.79. The molecule has 0 aliphatic rings. The predicted molar refractivity (Wildman–Crippen MR) is 55.7 cm³/mol. The molecule has 0 bridgehead atoms. The lowest BCUT2D eigenvalue weighted by molar-refractivity contribution is 0.280. The minimum Gasteiger partial charge on any atom is -0.392 e. The van der Waals surface area contributed by atoms with Crippen LogP contribution in [0.5, 0.6) is 0 Å². The summed E-state index contributed by atoms with van der Waals surface area (Å²) in [6.07, 6.45) is 3.05. The number of benzene rings is 1. The quantitative estimate of drug-likeness (QED) is 0.790. The Labute approximate surface area is 84.8 Å². The Hall–Kier alpha value is -1.33. The number of hydrogen-bond donors (Lipinski definition) is 1. The highest BCUT2D eigenvalue weighted by Gasteiger charge is 2.06. The topological polar surface area (TPSA) is 44.0 Å². The van der Waals surface area contributed by atoms with Gasteiger partial charge in [0.05, 0.1) is 18.2 Å². The largest absolute Gasteiger partial charge is 0.392 e. The van der Waals surface area contributed by atoms with Gasteiger partial charge in [-0.3, -0.25) is 0 Å². The number of nitrogens with zero attached hydrogens (tertiary/aromatic N) is 1. The highest BCUT2D eigenvalue weighted by atomic mass is 16.3. The summed E-state index contributed by atoms with van der Waals surface area (Å²) in [5.74, 6) is 0. The smallest absolute Gasteiger partial charge is 0.0994 e. The van der Waals surface area contributed by atoms with E-state index in [-0.39, 0.29) is 6.61 Å². The van der Waals surface area contributed by atoms with Crippen LogP contribution in [0.2, 0.25) is 0 Å². The Kier molecular flexibility index (Phi) is 4.15. The van der Waals surface area contributed by atoms with Crippen LogP contribution in [0, 0.1) is 11.3 Å². The lowest BCUT2D eigenvalue weighted by Gasteiger charge is -2.08. The van der Waals surface area contributed by atoms with E-state index < -0.39 is 0 Å². The first kappa shape index (κ1) is 10.7. The van der Waals surface area contributed by atoms with Gasteiger partial charge in [0, 0.05) is 0 Å². The van der Waals surface area contributed by atoms with E-state index in [4.69, 9.17) is 10.4 Å². The Balaban J connectivity index is 3.01. The Morgan fingerprint density at radius 1 is 1.43 bits per heavy atom. The zero-order chi connectivity index (χ0) is 10.4. The van der Waals surface area contributed by atoms with E-state index in [1.165, 1.54) is 0 Å². The van der Waals surface area contributed by atoms with Crippen LogP contribution >= 0.6 is 0 Å². The molecule has 0 aromatic heterocycles. The number of rotatable bonds is 4. The third kappa shape index (κ3) is 2.34. The van der Waals surface area contributed by atoms with Crippen LogP contribution in [0.1, 0.15) is 36.5 Å². The minimum atomic E-state index is 0.0224. The molecular weight excluding hydrogens is 174 g/mol. The lowest BCUT2D eigenvalue weighted by Crippen LogP contribution is -1.97. The predicted octanol–water partition coefficient (Wildman–Crippen LogP) is 2.39. The summed E-state index contributed by atoms with van der Waals surface area (Å²) in [6, 6.07) is 7.68. The molecule has 0 aliphatic heterocycles. The van der Waals surface area contributed by atoms with Gasteiger partial charge in [-0.2, -0.15) is 5.26 Å². The van der Waals surface area contributed by atoms with Gasteiger partial charge < -0.3 is 5.11 Å². The van der Waals surface area contributed by atoms with E-state index in [1.807, 2.05) is 18.2 Å². The van der Waals surface area contributed by atoms with Crippen molar-refractivity contribution in [2.24, 2.45) is 0 Å². The molecule has 1 aromatic rings. The zero-order valence-corrected chi connectivity index (χ0v) is 8.45. The van der Waals surface area contributed by atoms with Crippen LogP contribution in [0.15, 0.2) is 18.2 Å². The molecule has 0 fully saturated rings. The summed E-state index contributed by atoms with van der Waals surface area (Å²) < 4.78 is 0. The molecule has 1 N–H and O–H groups in total. The second-order valence-electron chi connectivity index (χ2n) is 3.32. The summed E-state index contributed by atoms with van der Waals surface area (Å²) in [5.41, 5.74) is 2.60. The van der Waals surface area contributed by atoms with Crippen molar-refractivity contribution in [1.82, 2.24) is 0 Å². The Bertz CT molecular complexity index is 339. The summed E-state index contributed by atoms with van der Waals surface area (Å²) in [5, 5.41) is 18.0. The number of unbranched alkanes of at least 4 members (excludes halogenated alkanes) is 1. The minimum absolute atomic E-state index is 0.0224. The molecule has 0 aliphatic carbocycles. The zero-order valence-electron chi connectivity index (χ0n) is 8.45. The SMILES string of the molecule is CCCCc1c(C#N)cccc1CO. The molecule has 14 heavy (non-hydrogen) atoms. The first-order valence-corrected chi connectivity index (χ1v) is 4.95. The van der Waals surface area contributed by atoms with E-state index in [9.17, 15) is 0 Å². The van der Waals surface area contributed by atoms with Crippen LogP contribution < -0.4 is 0 Å². The fourth-order valence-corrected chi connectivity index (χ4v) is 1.54. The molecule has 2 heteroatoms. The number of hydrogen-bond acceptors (Lipinski definition) is 2. The first-order valence-electron chi connectivity index (χ1n) is 4.95. The van der Waals surface area contributed by atoms with Gasteiger partial charge in [0.25, 0.3) is 0 Å². The van der Waals surface area contributed by atoms with Crippen molar-refractivity contribution >= 4 is 0 Å². The van der Waals surface area contributed by atoms with Gasteiger partial charge in [-0.05, 0) is 30.0 Å². The molecule has 0 unspecified atom stereocenters. The van der Waals surface area contributed by atoms with Crippen molar-refractivity contribution < 1.29 is 5.11 Å². The molecule has 0 saturated heterocycles. The average molecular weight is 189 g/mol. The fraction of sp³-hybridized carbons (Fsp3) is 0.417. The first-order chi connectivity index (χ1) is 6.83. The molecule has 0 saturated carbocycles. The van der Waals surface area contributed by atoms with Gasteiger partial charge in [0.2, 0.25) is 0 Å². The Morgan fingerprint density at radius 2 is 2.21 bits per heavy atom. The maximum atomic E-state index is 9.13. The molecule has 0 atom stereocenters. The molecule has 1 rings (SSSR count). The Morgan fingerprint density at radius 3 is 2.79 bits per heavy atom. The second kappa shape index (κ2) is 5.41. The maximum Gasteiger partial charge on any atom is 0.0994 e. The van der Waals surface area contributed by atoms with Crippen molar-refractivity contribution in [3.05, 3.63) is 34.9 Å². The summed E-state index contributed by atoms with van der Waals surface area (Å²) >= 11 is 0. The van der Waals surface area contributed by atoms with E-state index in [1.54, 1.807) is 0 Å². The van der Waals surface area contributed by atoms with Gasteiger partial charge in [-0.25, -0.2) is 0 Å². The fourth-order valence-electron chi connectivity index (χ4n) is 1.54. The summed E-state index contributed by atoms with van der Waals surface area (Å²) in [4.78, 5) is 0. The van der Waals surface area contributed by atoms with Crippen LogP contribution in [0.25, 0.3) is 0 Å². The molecule has 74 valence electrons. The monoisotopic (exact) mass is 189 g/mol. The van der Waals surface area contributed by atoms with Crippen LogP contribution in [-0.2, 0) is 13.0 Å². The van der Waals surface area contributed by atoms with Crippen molar-refractivity contribution in [2.75, 3.05) is 0 Å². The highest BCUT2D eigenvalue weighted by molar-refractivity contribution is 5.42.